The zero-order chi connectivity index (χ0) is 20.7. The van der Waals surface area contributed by atoms with E-state index >= 15 is 0 Å². The lowest BCUT2D eigenvalue weighted by Crippen LogP contribution is -2.46. The quantitative estimate of drug-likeness (QED) is 0.600. The van der Waals surface area contributed by atoms with Crippen molar-refractivity contribution >= 4 is 11.9 Å². The maximum atomic E-state index is 13.2. The molecular formula is C26H38O4. The Hall–Kier alpha value is -1.06. The van der Waals surface area contributed by atoms with E-state index in [0.717, 1.165) is 37.5 Å². The SMILES string of the molecule is COC(=O)C1CC2CC3CC(C45CC6CCCC(C(=O)OC)(C4)C(C6)C5)(C2)CC3C1. The third-order valence-corrected chi connectivity index (χ3v) is 11.3. The molecule has 0 heterocycles. The second-order valence-electron chi connectivity index (χ2n) is 12.4. The zero-order valence-corrected chi connectivity index (χ0v) is 18.8. The van der Waals surface area contributed by atoms with Crippen molar-refractivity contribution < 1.29 is 19.1 Å². The van der Waals surface area contributed by atoms with Crippen molar-refractivity contribution in [1.82, 2.24) is 0 Å². The summed E-state index contributed by atoms with van der Waals surface area (Å²) in [5, 5.41) is 0. The van der Waals surface area contributed by atoms with Crippen LogP contribution >= 0.6 is 0 Å². The van der Waals surface area contributed by atoms with Gasteiger partial charge < -0.3 is 9.47 Å². The van der Waals surface area contributed by atoms with E-state index in [1.807, 2.05) is 0 Å². The van der Waals surface area contributed by atoms with Crippen molar-refractivity contribution in [2.75, 3.05) is 14.2 Å². The molecule has 0 spiro atoms. The van der Waals surface area contributed by atoms with E-state index in [-0.39, 0.29) is 23.3 Å². The molecule has 166 valence electrons. The van der Waals surface area contributed by atoms with E-state index in [9.17, 15) is 9.59 Å². The minimum Gasteiger partial charge on any atom is -0.469 e. The predicted octanol–water partition coefficient (Wildman–Crippen LogP) is 5.14. The molecule has 6 rings (SSSR count). The predicted molar refractivity (Wildman–Crippen MR) is 112 cm³/mol. The molecule has 4 nitrogen and oxygen atoms in total. The number of carbonyl (C=O) groups excluding carboxylic acids is 2. The molecule has 0 N–H and O–H groups in total. The minimum absolute atomic E-state index is 0.0241. The number of fused-ring (bicyclic) bond motifs is 5. The van der Waals surface area contributed by atoms with Gasteiger partial charge >= 0.3 is 11.9 Å². The Morgan fingerprint density at radius 1 is 0.800 bits per heavy atom. The van der Waals surface area contributed by atoms with Crippen LogP contribution in [0.4, 0.5) is 0 Å². The molecule has 4 heteroatoms. The van der Waals surface area contributed by atoms with Gasteiger partial charge in [0.05, 0.1) is 25.6 Å². The lowest BCUT2D eigenvalue weighted by atomic mass is 9.50. The molecule has 0 aromatic rings. The second kappa shape index (κ2) is 6.48. The van der Waals surface area contributed by atoms with Crippen LogP contribution < -0.4 is 0 Å². The molecule has 9 unspecified atom stereocenters. The highest BCUT2D eigenvalue weighted by Crippen LogP contribution is 2.78. The number of hydrogen-bond acceptors (Lipinski definition) is 4. The first-order valence-electron chi connectivity index (χ1n) is 12.6. The van der Waals surface area contributed by atoms with Gasteiger partial charge in [-0.15, -0.1) is 0 Å². The lowest BCUT2D eigenvalue weighted by molar-refractivity contribution is -0.156. The summed E-state index contributed by atoms with van der Waals surface area (Å²) in [7, 11) is 3.16. The van der Waals surface area contributed by atoms with Crippen LogP contribution in [-0.4, -0.2) is 26.2 Å². The molecule has 0 amide bonds. The van der Waals surface area contributed by atoms with E-state index < -0.39 is 0 Å². The van der Waals surface area contributed by atoms with Crippen molar-refractivity contribution in [3.63, 3.8) is 0 Å². The van der Waals surface area contributed by atoms with Crippen molar-refractivity contribution in [3.8, 4) is 0 Å². The van der Waals surface area contributed by atoms with Gasteiger partial charge in [-0.3, -0.25) is 9.59 Å². The molecule has 0 saturated heterocycles. The van der Waals surface area contributed by atoms with Crippen molar-refractivity contribution in [1.29, 1.82) is 0 Å². The van der Waals surface area contributed by atoms with Crippen LogP contribution in [0.5, 0.6) is 0 Å². The van der Waals surface area contributed by atoms with E-state index in [1.165, 1.54) is 57.8 Å². The fraction of sp³-hybridized carbons (Fsp3) is 0.923. The molecule has 6 aliphatic rings. The fourth-order valence-electron chi connectivity index (χ4n) is 10.6. The number of carbonyl (C=O) groups is 2. The number of methoxy groups -OCH3 is 2. The summed E-state index contributed by atoms with van der Waals surface area (Å²) in [5.74, 6) is 3.76. The Morgan fingerprint density at radius 3 is 2.33 bits per heavy atom. The van der Waals surface area contributed by atoms with Crippen LogP contribution in [0.3, 0.4) is 0 Å². The molecular weight excluding hydrogens is 376 g/mol. The number of ether oxygens (including phenoxy) is 2. The van der Waals surface area contributed by atoms with Gasteiger partial charge in [0.1, 0.15) is 0 Å². The monoisotopic (exact) mass is 414 g/mol. The summed E-state index contributed by atoms with van der Waals surface area (Å²) in [5.41, 5.74) is 0.559. The minimum atomic E-state index is -0.200. The molecule has 0 aromatic carbocycles. The summed E-state index contributed by atoms with van der Waals surface area (Å²) < 4.78 is 10.6. The first kappa shape index (κ1) is 19.6. The van der Waals surface area contributed by atoms with Gasteiger partial charge in [-0.25, -0.2) is 0 Å². The molecule has 6 bridgehead atoms. The Balaban J connectivity index is 1.36. The number of hydrogen-bond donors (Lipinski definition) is 0. The summed E-state index contributed by atoms with van der Waals surface area (Å²) in [6.45, 7) is 0. The topological polar surface area (TPSA) is 52.6 Å². The first-order valence-corrected chi connectivity index (χ1v) is 12.6. The van der Waals surface area contributed by atoms with Crippen molar-refractivity contribution in [2.24, 2.45) is 51.8 Å². The van der Waals surface area contributed by atoms with E-state index in [0.29, 0.717) is 28.6 Å². The fourth-order valence-corrected chi connectivity index (χ4v) is 10.6. The van der Waals surface area contributed by atoms with E-state index in [1.54, 1.807) is 14.2 Å². The van der Waals surface area contributed by atoms with E-state index in [4.69, 9.17) is 9.47 Å². The second-order valence-corrected chi connectivity index (χ2v) is 12.4. The maximum Gasteiger partial charge on any atom is 0.312 e. The normalized spacial score (nSPS) is 53.3. The summed E-state index contributed by atoms with van der Waals surface area (Å²) >= 11 is 0. The average Bonchev–Trinajstić information content (AvgIpc) is 3.02. The molecule has 0 aromatic heterocycles. The van der Waals surface area contributed by atoms with Crippen LogP contribution in [0, 0.1) is 51.8 Å². The molecule has 30 heavy (non-hydrogen) atoms. The molecule has 0 radical (unpaired) electrons. The van der Waals surface area contributed by atoms with Gasteiger partial charge in [0.25, 0.3) is 0 Å². The summed E-state index contributed by atoms with van der Waals surface area (Å²) in [4.78, 5) is 25.6. The Bertz CT molecular complexity index is 758. The smallest absolute Gasteiger partial charge is 0.312 e. The number of esters is 2. The standard InChI is InChI=1S/C26H38O4/c1-29-22(27)18-6-17-7-19-12-24(11-17,13-20(19)9-18)25-10-16-4-3-5-26(15-25,23(28)30-2)21(8-16)14-25/h16-21H,3-15H2,1-2H3. The summed E-state index contributed by atoms with van der Waals surface area (Å²) in [6, 6.07) is 0. The highest BCUT2D eigenvalue weighted by Gasteiger charge is 2.71. The van der Waals surface area contributed by atoms with Gasteiger partial charge in [-0.2, -0.15) is 0 Å². The van der Waals surface area contributed by atoms with Gasteiger partial charge in [0.2, 0.25) is 0 Å². The lowest BCUT2D eigenvalue weighted by Gasteiger charge is -2.55. The highest BCUT2D eigenvalue weighted by molar-refractivity contribution is 5.78. The zero-order valence-electron chi connectivity index (χ0n) is 18.8. The largest absolute Gasteiger partial charge is 0.469 e. The maximum absolute atomic E-state index is 13.2. The highest BCUT2D eigenvalue weighted by atomic mass is 16.5. The Labute approximate surface area is 180 Å². The Kier molecular flexibility index (Phi) is 4.24. The van der Waals surface area contributed by atoms with Crippen LogP contribution in [-0.2, 0) is 19.1 Å². The van der Waals surface area contributed by atoms with Crippen molar-refractivity contribution in [3.05, 3.63) is 0 Å². The van der Waals surface area contributed by atoms with Crippen LogP contribution in [0.2, 0.25) is 0 Å². The average molecular weight is 415 g/mol. The van der Waals surface area contributed by atoms with Crippen LogP contribution in [0.25, 0.3) is 0 Å². The molecule has 0 aliphatic heterocycles. The summed E-state index contributed by atoms with van der Waals surface area (Å²) in [6.07, 6.45) is 15.9. The first-order chi connectivity index (χ1) is 14.4. The van der Waals surface area contributed by atoms with Crippen molar-refractivity contribution in [2.45, 2.75) is 83.5 Å². The molecule has 9 atom stereocenters. The third kappa shape index (κ3) is 2.45. The van der Waals surface area contributed by atoms with Gasteiger partial charge in [0.15, 0.2) is 0 Å². The van der Waals surface area contributed by atoms with Gasteiger partial charge in [-0.1, -0.05) is 12.8 Å². The Morgan fingerprint density at radius 2 is 1.57 bits per heavy atom. The molecule has 6 aliphatic carbocycles. The van der Waals surface area contributed by atoms with Crippen LogP contribution in [0.15, 0.2) is 0 Å². The van der Waals surface area contributed by atoms with Gasteiger partial charge in [-0.05, 0) is 111 Å². The molecule has 6 fully saturated rings. The van der Waals surface area contributed by atoms with Crippen LogP contribution in [0.1, 0.15) is 83.5 Å². The number of rotatable bonds is 3. The molecule has 6 saturated carbocycles. The third-order valence-electron chi connectivity index (χ3n) is 11.3. The van der Waals surface area contributed by atoms with E-state index in [2.05, 4.69) is 0 Å². The van der Waals surface area contributed by atoms with Gasteiger partial charge in [0, 0.05) is 0 Å².